The maximum atomic E-state index is 2.47. The molecule has 0 saturated carbocycles. The highest BCUT2D eigenvalue weighted by Crippen LogP contribution is 2.49. The molecule has 9 rings (SSSR count). The summed E-state index contributed by atoms with van der Waals surface area (Å²) in [6, 6.07) is 68.3. The Hall–Kier alpha value is -6.18. The summed E-state index contributed by atoms with van der Waals surface area (Å²) in [5.74, 6) is 0. The molecule has 0 atom stereocenters. The molecule has 0 unspecified atom stereocenters. The van der Waals surface area contributed by atoms with Gasteiger partial charge in [-0.05, 0) is 78.7 Å². The molecule has 0 saturated heterocycles. The van der Waals surface area contributed by atoms with Crippen LogP contribution in [0.25, 0.3) is 65.3 Å². The molecule has 0 spiro atoms. The van der Waals surface area contributed by atoms with Crippen molar-refractivity contribution in [1.29, 1.82) is 0 Å². The van der Waals surface area contributed by atoms with Gasteiger partial charge >= 0.3 is 0 Å². The number of rotatable bonds is 5. The maximum absolute atomic E-state index is 2.47. The molecule has 0 aliphatic carbocycles. The molecule has 0 aliphatic rings. The van der Waals surface area contributed by atoms with E-state index in [2.05, 4.69) is 193 Å². The lowest BCUT2D eigenvalue weighted by Crippen LogP contribution is -2.12. The van der Waals surface area contributed by atoms with E-state index in [1.807, 2.05) is 0 Å². The lowest BCUT2D eigenvalue weighted by atomic mass is 9.90. The second-order valence-corrected chi connectivity index (χ2v) is 12.1. The topological polar surface area (TPSA) is 3.24 Å². The quantitative estimate of drug-likeness (QED) is 0.178. The van der Waals surface area contributed by atoms with Crippen LogP contribution in [-0.4, -0.2) is 0 Å². The van der Waals surface area contributed by atoms with Crippen molar-refractivity contribution in [2.45, 2.75) is 0 Å². The van der Waals surface area contributed by atoms with Gasteiger partial charge in [-0.15, -0.1) is 0 Å². The lowest BCUT2D eigenvalue weighted by Gasteiger charge is -2.31. The molecule has 9 aromatic carbocycles. The molecule has 0 radical (unpaired) electrons. The van der Waals surface area contributed by atoms with Gasteiger partial charge in [-0.1, -0.05) is 164 Å². The van der Waals surface area contributed by atoms with Crippen molar-refractivity contribution in [1.82, 2.24) is 0 Å². The van der Waals surface area contributed by atoms with Crippen molar-refractivity contribution in [2.24, 2.45) is 0 Å². The Kier molecular flexibility index (Phi) is 6.54. The Labute approximate surface area is 274 Å². The highest BCUT2D eigenvalue weighted by molar-refractivity contribution is 6.22. The van der Waals surface area contributed by atoms with Crippen LogP contribution in [0.5, 0.6) is 0 Å². The van der Waals surface area contributed by atoms with Gasteiger partial charge in [0.2, 0.25) is 0 Å². The second kappa shape index (κ2) is 11.3. The van der Waals surface area contributed by atoms with Crippen LogP contribution in [0.4, 0.5) is 17.1 Å². The SMILES string of the molecule is c1ccc(-c2c(N(c3ccc(-c4cccc5ccccc45)cc3)c3ccc4ccccc4c3)c3ccccc3c3ccccc23)cc1. The standard InChI is InChI=1S/C46H31N/c1-2-15-35(16-3-1)45-43-22-10-8-20-41(43)42-21-9-11-23-44(42)46(45)47(38-30-25-32-13-4-5-17-36(32)31-38)37-28-26-34(27-29-37)40-24-12-18-33-14-6-7-19-39(33)40/h1-31H. The molecule has 220 valence electrons. The number of fused-ring (bicyclic) bond motifs is 5. The summed E-state index contributed by atoms with van der Waals surface area (Å²) >= 11 is 0. The van der Waals surface area contributed by atoms with Crippen LogP contribution in [0.2, 0.25) is 0 Å². The van der Waals surface area contributed by atoms with Crippen LogP contribution in [0.15, 0.2) is 188 Å². The molecular formula is C46H31N. The zero-order valence-corrected chi connectivity index (χ0v) is 25.8. The van der Waals surface area contributed by atoms with Gasteiger partial charge in [-0.2, -0.15) is 0 Å². The molecule has 47 heavy (non-hydrogen) atoms. The lowest BCUT2D eigenvalue weighted by molar-refractivity contribution is 1.31. The minimum Gasteiger partial charge on any atom is -0.309 e. The average Bonchev–Trinajstić information content (AvgIpc) is 3.15. The number of benzene rings is 9. The van der Waals surface area contributed by atoms with E-state index in [1.165, 1.54) is 71.0 Å². The van der Waals surface area contributed by atoms with Gasteiger partial charge in [-0.3, -0.25) is 0 Å². The number of hydrogen-bond donors (Lipinski definition) is 0. The molecule has 0 bridgehead atoms. The summed E-state index contributed by atoms with van der Waals surface area (Å²) in [6.45, 7) is 0. The Morgan fingerprint density at radius 1 is 0.298 bits per heavy atom. The zero-order valence-electron chi connectivity index (χ0n) is 25.8. The van der Waals surface area contributed by atoms with E-state index in [1.54, 1.807) is 0 Å². The number of hydrogen-bond acceptors (Lipinski definition) is 1. The molecule has 0 amide bonds. The van der Waals surface area contributed by atoms with Gasteiger partial charge in [0.1, 0.15) is 0 Å². The van der Waals surface area contributed by atoms with E-state index in [-0.39, 0.29) is 0 Å². The van der Waals surface area contributed by atoms with Crippen molar-refractivity contribution in [3.63, 3.8) is 0 Å². The Balaban J connectivity index is 1.35. The average molecular weight is 598 g/mol. The number of nitrogens with zero attached hydrogens (tertiary/aromatic N) is 1. The van der Waals surface area contributed by atoms with Gasteiger partial charge in [0.05, 0.1) is 5.69 Å². The van der Waals surface area contributed by atoms with E-state index in [0.717, 1.165) is 11.4 Å². The van der Waals surface area contributed by atoms with Crippen LogP contribution < -0.4 is 4.90 Å². The van der Waals surface area contributed by atoms with Gasteiger partial charge in [0.25, 0.3) is 0 Å². The molecular weight excluding hydrogens is 567 g/mol. The zero-order chi connectivity index (χ0) is 31.2. The summed E-state index contributed by atoms with van der Waals surface area (Å²) in [5, 5.41) is 9.93. The van der Waals surface area contributed by atoms with Crippen LogP contribution in [-0.2, 0) is 0 Å². The number of anilines is 3. The first kappa shape index (κ1) is 27.2. The molecule has 0 fully saturated rings. The Bertz CT molecular complexity index is 2560. The Morgan fingerprint density at radius 3 is 1.62 bits per heavy atom. The molecule has 1 nitrogen and oxygen atoms in total. The van der Waals surface area contributed by atoms with Crippen LogP contribution in [0, 0.1) is 0 Å². The molecule has 0 N–H and O–H groups in total. The van der Waals surface area contributed by atoms with Gasteiger partial charge < -0.3 is 4.90 Å². The predicted octanol–water partition coefficient (Wildman–Crippen LogP) is 13.1. The minimum absolute atomic E-state index is 1.11. The monoisotopic (exact) mass is 597 g/mol. The fourth-order valence-electron chi connectivity index (χ4n) is 7.24. The van der Waals surface area contributed by atoms with E-state index in [9.17, 15) is 0 Å². The fourth-order valence-corrected chi connectivity index (χ4v) is 7.24. The third-order valence-corrected chi connectivity index (χ3v) is 9.41. The van der Waals surface area contributed by atoms with Crippen LogP contribution in [0.1, 0.15) is 0 Å². The minimum atomic E-state index is 1.11. The smallest absolute Gasteiger partial charge is 0.0624 e. The third-order valence-electron chi connectivity index (χ3n) is 9.41. The normalized spacial score (nSPS) is 11.4. The third kappa shape index (κ3) is 4.64. The van der Waals surface area contributed by atoms with Crippen LogP contribution in [0.3, 0.4) is 0 Å². The second-order valence-electron chi connectivity index (χ2n) is 12.1. The largest absolute Gasteiger partial charge is 0.309 e. The summed E-state index contributed by atoms with van der Waals surface area (Å²) < 4.78 is 0. The van der Waals surface area contributed by atoms with Crippen molar-refractivity contribution < 1.29 is 0 Å². The first-order valence-corrected chi connectivity index (χ1v) is 16.2. The summed E-state index contributed by atoms with van der Waals surface area (Å²) in [4.78, 5) is 2.47. The van der Waals surface area contributed by atoms with Crippen molar-refractivity contribution in [2.75, 3.05) is 4.90 Å². The van der Waals surface area contributed by atoms with Gasteiger partial charge in [0, 0.05) is 22.3 Å². The van der Waals surface area contributed by atoms with Crippen molar-refractivity contribution in [3.05, 3.63) is 188 Å². The first-order valence-electron chi connectivity index (χ1n) is 16.2. The maximum Gasteiger partial charge on any atom is 0.0624 e. The first-order chi connectivity index (χ1) is 23.3. The van der Waals surface area contributed by atoms with E-state index in [4.69, 9.17) is 0 Å². The fraction of sp³-hybridized carbons (Fsp3) is 0. The van der Waals surface area contributed by atoms with Crippen molar-refractivity contribution in [3.8, 4) is 22.3 Å². The van der Waals surface area contributed by atoms with E-state index >= 15 is 0 Å². The Morgan fingerprint density at radius 2 is 0.851 bits per heavy atom. The molecule has 1 heteroatoms. The molecule has 0 aromatic heterocycles. The molecule has 0 aliphatic heterocycles. The van der Waals surface area contributed by atoms with Gasteiger partial charge in [0.15, 0.2) is 0 Å². The highest BCUT2D eigenvalue weighted by Gasteiger charge is 2.23. The van der Waals surface area contributed by atoms with Gasteiger partial charge in [-0.25, -0.2) is 0 Å². The molecule has 0 heterocycles. The summed E-state index contributed by atoms with van der Waals surface area (Å²) in [5.41, 5.74) is 8.29. The predicted molar refractivity (Wildman–Crippen MR) is 202 cm³/mol. The van der Waals surface area contributed by atoms with E-state index in [0.29, 0.717) is 0 Å². The summed E-state index contributed by atoms with van der Waals surface area (Å²) in [7, 11) is 0. The van der Waals surface area contributed by atoms with E-state index < -0.39 is 0 Å². The molecule has 9 aromatic rings. The summed E-state index contributed by atoms with van der Waals surface area (Å²) in [6.07, 6.45) is 0. The van der Waals surface area contributed by atoms with Crippen molar-refractivity contribution >= 4 is 60.2 Å². The van der Waals surface area contributed by atoms with Crippen LogP contribution >= 0.6 is 0 Å². The highest BCUT2D eigenvalue weighted by atomic mass is 15.1.